The van der Waals surface area contributed by atoms with E-state index in [1.165, 1.54) is 5.56 Å². The number of halogens is 1. The Morgan fingerprint density at radius 3 is 2.54 bits per heavy atom. The Kier molecular flexibility index (Phi) is 4.47. The molecule has 132 valence electrons. The summed E-state index contributed by atoms with van der Waals surface area (Å²) >= 11 is 5.93. The van der Waals surface area contributed by atoms with Crippen molar-refractivity contribution in [1.29, 1.82) is 0 Å². The minimum absolute atomic E-state index is 0.0242. The summed E-state index contributed by atoms with van der Waals surface area (Å²) in [6, 6.07) is 11.7. The Labute approximate surface area is 156 Å². The number of carbonyl (C=O) groups excluding carboxylic acids is 1. The van der Waals surface area contributed by atoms with Crippen molar-refractivity contribution < 1.29 is 4.79 Å². The summed E-state index contributed by atoms with van der Waals surface area (Å²) in [6.45, 7) is 1.95. The number of pyridine rings is 1. The molecule has 4 rings (SSSR count). The molecule has 1 fully saturated rings. The fourth-order valence-electron chi connectivity index (χ4n) is 3.38. The van der Waals surface area contributed by atoms with Gasteiger partial charge < -0.3 is 5.32 Å². The summed E-state index contributed by atoms with van der Waals surface area (Å²) in [5, 5.41) is 11.0. The highest BCUT2D eigenvalue weighted by atomic mass is 35.5. The van der Waals surface area contributed by atoms with Crippen molar-refractivity contribution in [2.24, 2.45) is 5.92 Å². The second-order valence-corrected chi connectivity index (χ2v) is 7.15. The molecule has 26 heavy (non-hydrogen) atoms. The maximum absolute atomic E-state index is 12.5. The topological polar surface area (TPSA) is 70.7 Å². The third-order valence-electron chi connectivity index (χ3n) is 5.07. The van der Waals surface area contributed by atoms with Gasteiger partial charge in [0.15, 0.2) is 5.82 Å². The fourth-order valence-corrected chi connectivity index (χ4v) is 3.50. The number of nitrogens with zero attached hydrogens (tertiary/aromatic N) is 2. The van der Waals surface area contributed by atoms with Gasteiger partial charge in [-0.2, -0.15) is 5.10 Å². The molecule has 3 aromatic rings. The maximum Gasteiger partial charge on any atom is 0.228 e. The van der Waals surface area contributed by atoms with Gasteiger partial charge in [-0.1, -0.05) is 23.7 Å². The zero-order valence-electron chi connectivity index (χ0n) is 14.4. The van der Waals surface area contributed by atoms with Crippen molar-refractivity contribution in [3.63, 3.8) is 0 Å². The minimum Gasteiger partial charge on any atom is -0.309 e. The molecule has 1 aliphatic carbocycles. The Morgan fingerprint density at radius 2 is 1.85 bits per heavy atom. The first kappa shape index (κ1) is 16.8. The second kappa shape index (κ2) is 6.92. The zero-order valence-corrected chi connectivity index (χ0v) is 15.1. The SMILES string of the molecule is Cc1c(NC(=O)C2CC(c3ccc(Cl)cc3)C2)n[nH]c1-c1ccncc1. The van der Waals surface area contributed by atoms with Crippen molar-refractivity contribution in [2.45, 2.75) is 25.7 Å². The van der Waals surface area contributed by atoms with Crippen LogP contribution in [0.25, 0.3) is 11.3 Å². The van der Waals surface area contributed by atoms with E-state index in [1.807, 2.05) is 43.3 Å². The number of aromatic nitrogens is 3. The molecule has 1 saturated carbocycles. The van der Waals surface area contributed by atoms with Gasteiger partial charge in [-0.3, -0.25) is 14.9 Å². The number of benzene rings is 1. The molecule has 0 spiro atoms. The molecular weight excluding hydrogens is 348 g/mol. The first-order chi connectivity index (χ1) is 12.6. The first-order valence-corrected chi connectivity index (χ1v) is 9.01. The number of rotatable bonds is 4. The van der Waals surface area contributed by atoms with Crippen LogP contribution in [0.1, 0.15) is 29.9 Å². The minimum atomic E-state index is 0.0242. The van der Waals surface area contributed by atoms with Crippen LogP contribution in [0.3, 0.4) is 0 Å². The van der Waals surface area contributed by atoms with Crippen molar-refractivity contribution in [3.05, 3.63) is 64.9 Å². The number of nitrogens with one attached hydrogen (secondary N) is 2. The van der Waals surface area contributed by atoms with Crippen LogP contribution < -0.4 is 5.32 Å². The van der Waals surface area contributed by atoms with E-state index in [0.29, 0.717) is 11.7 Å². The molecule has 0 radical (unpaired) electrons. The largest absolute Gasteiger partial charge is 0.309 e. The number of aromatic amines is 1. The van der Waals surface area contributed by atoms with Gasteiger partial charge in [-0.05, 0) is 55.5 Å². The lowest BCUT2D eigenvalue weighted by atomic mass is 9.71. The van der Waals surface area contributed by atoms with Crippen molar-refractivity contribution in [1.82, 2.24) is 15.2 Å². The molecule has 0 unspecified atom stereocenters. The third-order valence-corrected chi connectivity index (χ3v) is 5.32. The van der Waals surface area contributed by atoms with Gasteiger partial charge in [0.1, 0.15) is 0 Å². The van der Waals surface area contributed by atoms with Gasteiger partial charge in [0.2, 0.25) is 5.91 Å². The van der Waals surface area contributed by atoms with Crippen molar-refractivity contribution in [2.75, 3.05) is 5.32 Å². The van der Waals surface area contributed by atoms with E-state index in [1.54, 1.807) is 12.4 Å². The summed E-state index contributed by atoms with van der Waals surface area (Å²) in [4.78, 5) is 16.6. The van der Waals surface area contributed by atoms with Crippen LogP contribution in [0.15, 0.2) is 48.8 Å². The molecule has 2 aromatic heterocycles. The second-order valence-electron chi connectivity index (χ2n) is 6.71. The van der Waals surface area contributed by atoms with Gasteiger partial charge in [-0.25, -0.2) is 0 Å². The quantitative estimate of drug-likeness (QED) is 0.710. The Hall–Kier alpha value is -2.66. The van der Waals surface area contributed by atoms with Crippen molar-refractivity contribution >= 4 is 23.3 Å². The molecule has 1 aromatic carbocycles. The molecular formula is C20H19ClN4O. The smallest absolute Gasteiger partial charge is 0.228 e. The molecule has 2 heterocycles. The molecule has 0 saturated heterocycles. The first-order valence-electron chi connectivity index (χ1n) is 8.63. The lowest BCUT2D eigenvalue weighted by Crippen LogP contribution is -2.33. The Morgan fingerprint density at radius 1 is 1.15 bits per heavy atom. The lowest BCUT2D eigenvalue weighted by molar-refractivity contribution is -0.122. The number of anilines is 1. The summed E-state index contributed by atoms with van der Waals surface area (Å²) in [6.07, 6.45) is 5.18. The van der Waals surface area contributed by atoms with Crippen LogP contribution in [0, 0.1) is 12.8 Å². The van der Waals surface area contributed by atoms with Gasteiger partial charge in [0, 0.05) is 34.5 Å². The summed E-state index contributed by atoms with van der Waals surface area (Å²) in [7, 11) is 0. The van der Waals surface area contributed by atoms with Crippen molar-refractivity contribution in [3.8, 4) is 11.3 Å². The summed E-state index contributed by atoms with van der Waals surface area (Å²) in [5.41, 5.74) is 4.07. The summed E-state index contributed by atoms with van der Waals surface area (Å²) < 4.78 is 0. The highest BCUT2D eigenvalue weighted by Gasteiger charge is 2.35. The number of hydrogen-bond donors (Lipinski definition) is 2. The molecule has 5 nitrogen and oxygen atoms in total. The molecule has 2 N–H and O–H groups in total. The standard InChI is InChI=1S/C20H19ClN4O/c1-12-18(14-6-8-22-9-7-14)24-25-19(12)23-20(26)16-10-15(11-16)13-2-4-17(21)5-3-13/h2-9,15-16H,10-11H2,1H3,(H2,23,24,25,26). The van der Waals surface area contributed by atoms with Gasteiger partial charge >= 0.3 is 0 Å². The summed E-state index contributed by atoms with van der Waals surface area (Å²) in [5.74, 6) is 1.08. The van der Waals surface area contributed by atoms with E-state index < -0.39 is 0 Å². The molecule has 0 aliphatic heterocycles. The molecule has 6 heteroatoms. The van der Waals surface area contributed by atoms with Crippen LogP contribution in [-0.2, 0) is 4.79 Å². The number of hydrogen-bond acceptors (Lipinski definition) is 3. The predicted molar refractivity (Wildman–Crippen MR) is 102 cm³/mol. The van der Waals surface area contributed by atoms with Crippen LogP contribution in [-0.4, -0.2) is 21.1 Å². The van der Waals surface area contributed by atoms with Gasteiger partial charge in [-0.15, -0.1) is 0 Å². The highest BCUT2D eigenvalue weighted by molar-refractivity contribution is 6.30. The van der Waals surface area contributed by atoms with Gasteiger partial charge in [0.25, 0.3) is 0 Å². The zero-order chi connectivity index (χ0) is 18.1. The third kappa shape index (κ3) is 3.22. The van der Waals surface area contributed by atoms with Gasteiger partial charge in [0.05, 0.1) is 5.69 Å². The Bertz CT molecular complexity index is 915. The van der Waals surface area contributed by atoms with E-state index >= 15 is 0 Å². The molecule has 0 bridgehead atoms. The Balaban J connectivity index is 1.39. The van der Waals surface area contributed by atoms with Crippen LogP contribution in [0.2, 0.25) is 5.02 Å². The van der Waals surface area contributed by atoms with Crippen LogP contribution >= 0.6 is 11.6 Å². The van der Waals surface area contributed by atoms with E-state index in [-0.39, 0.29) is 11.8 Å². The predicted octanol–water partition coefficient (Wildman–Crippen LogP) is 4.57. The highest BCUT2D eigenvalue weighted by Crippen LogP contribution is 2.42. The number of H-pyrrole nitrogens is 1. The molecule has 1 aliphatic rings. The van der Waals surface area contributed by atoms with E-state index in [9.17, 15) is 4.79 Å². The number of carbonyl (C=O) groups is 1. The van der Waals surface area contributed by atoms with E-state index in [0.717, 1.165) is 34.7 Å². The maximum atomic E-state index is 12.5. The molecule has 0 atom stereocenters. The average Bonchev–Trinajstić information content (AvgIpc) is 2.97. The monoisotopic (exact) mass is 366 g/mol. The van der Waals surface area contributed by atoms with Crippen LogP contribution in [0.4, 0.5) is 5.82 Å². The van der Waals surface area contributed by atoms with E-state index in [4.69, 9.17) is 11.6 Å². The van der Waals surface area contributed by atoms with Crippen LogP contribution in [0.5, 0.6) is 0 Å². The fraction of sp³-hybridized carbons (Fsp3) is 0.250. The normalized spacial score (nSPS) is 19.0. The number of amides is 1. The lowest BCUT2D eigenvalue weighted by Gasteiger charge is -2.34. The molecule has 1 amide bonds. The van der Waals surface area contributed by atoms with E-state index in [2.05, 4.69) is 20.5 Å². The average molecular weight is 367 g/mol.